The van der Waals surface area contributed by atoms with E-state index in [1.165, 1.54) is 11.1 Å². The van der Waals surface area contributed by atoms with Gasteiger partial charge >= 0.3 is 0 Å². The van der Waals surface area contributed by atoms with Gasteiger partial charge in [-0.25, -0.2) is 4.98 Å². The lowest BCUT2D eigenvalue weighted by molar-refractivity contribution is 0.579. The van der Waals surface area contributed by atoms with E-state index in [4.69, 9.17) is 5.73 Å². The summed E-state index contributed by atoms with van der Waals surface area (Å²) in [4.78, 5) is 9.18. The van der Waals surface area contributed by atoms with Crippen molar-refractivity contribution < 1.29 is 0 Å². The van der Waals surface area contributed by atoms with Crippen molar-refractivity contribution in [1.82, 2.24) is 15.3 Å². The number of benzene rings is 1. The lowest BCUT2D eigenvalue weighted by Crippen LogP contribution is -2.29. The topological polar surface area (TPSA) is 75.9 Å². The molecule has 0 amide bonds. The largest absolute Gasteiger partial charge is 0.368 e. The third kappa shape index (κ3) is 2.84. The number of nitrogens with zero attached hydrogens (tertiary/aromatic N) is 2. The minimum atomic E-state index is 0.319. The van der Waals surface area contributed by atoms with Gasteiger partial charge in [-0.05, 0) is 37.3 Å². The highest BCUT2D eigenvalue weighted by Crippen LogP contribution is 2.38. The molecule has 0 bridgehead atoms. The van der Waals surface area contributed by atoms with Crippen molar-refractivity contribution >= 4 is 11.8 Å². The molecule has 0 saturated carbocycles. The lowest BCUT2D eigenvalue weighted by Gasteiger charge is -2.28. The van der Waals surface area contributed by atoms with Crippen molar-refractivity contribution in [2.75, 3.05) is 24.1 Å². The number of aromatic nitrogens is 2. The Morgan fingerprint density at radius 3 is 2.75 bits per heavy atom. The third-order valence-electron chi connectivity index (χ3n) is 5.35. The molecule has 24 heavy (non-hydrogen) atoms. The summed E-state index contributed by atoms with van der Waals surface area (Å²) in [6.45, 7) is 4.29. The van der Waals surface area contributed by atoms with E-state index in [-0.39, 0.29) is 0 Å². The van der Waals surface area contributed by atoms with Crippen molar-refractivity contribution in [1.29, 1.82) is 0 Å². The van der Waals surface area contributed by atoms with Crippen LogP contribution in [0.4, 0.5) is 11.8 Å². The summed E-state index contributed by atoms with van der Waals surface area (Å²) in [5.74, 6) is 2.22. The van der Waals surface area contributed by atoms with E-state index < -0.39 is 0 Å². The molecule has 4 rings (SSSR count). The predicted molar refractivity (Wildman–Crippen MR) is 97.1 cm³/mol. The van der Waals surface area contributed by atoms with Crippen LogP contribution in [0, 0.1) is 5.92 Å². The molecular weight excluding hydrogens is 298 g/mol. The van der Waals surface area contributed by atoms with Crippen LogP contribution in [0.15, 0.2) is 30.3 Å². The van der Waals surface area contributed by atoms with E-state index in [0.717, 1.165) is 43.9 Å². The summed E-state index contributed by atoms with van der Waals surface area (Å²) in [7, 11) is 0. The molecule has 4 N–H and O–H groups in total. The number of nitrogen functional groups attached to an aromatic ring is 1. The Morgan fingerprint density at radius 2 is 2.00 bits per heavy atom. The summed E-state index contributed by atoms with van der Waals surface area (Å²) in [5, 5.41) is 7.07. The maximum Gasteiger partial charge on any atom is 0.222 e. The van der Waals surface area contributed by atoms with Gasteiger partial charge in [0.1, 0.15) is 5.82 Å². The minimum Gasteiger partial charge on any atom is -0.368 e. The van der Waals surface area contributed by atoms with Gasteiger partial charge in [-0.3, -0.25) is 0 Å². The van der Waals surface area contributed by atoms with Gasteiger partial charge in [0.25, 0.3) is 0 Å². The molecule has 1 saturated heterocycles. The smallest absolute Gasteiger partial charge is 0.222 e. The van der Waals surface area contributed by atoms with Crippen molar-refractivity contribution in [3.05, 3.63) is 47.2 Å². The van der Waals surface area contributed by atoms with Gasteiger partial charge in [0.05, 0.1) is 5.69 Å². The molecule has 0 radical (unpaired) electrons. The third-order valence-corrected chi connectivity index (χ3v) is 5.35. The highest BCUT2D eigenvalue weighted by molar-refractivity contribution is 5.54. The zero-order valence-corrected chi connectivity index (χ0v) is 14.1. The number of rotatable bonds is 3. The van der Waals surface area contributed by atoms with E-state index >= 15 is 0 Å². The summed E-state index contributed by atoms with van der Waals surface area (Å²) >= 11 is 0. The van der Waals surface area contributed by atoms with Gasteiger partial charge in [-0.15, -0.1) is 0 Å². The molecule has 3 atom stereocenters. The Bertz CT molecular complexity index is 715. The molecular formula is C19H25N5. The van der Waals surface area contributed by atoms with E-state index in [1.54, 1.807) is 0 Å². The van der Waals surface area contributed by atoms with Gasteiger partial charge in [-0.1, -0.05) is 37.3 Å². The van der Waals surface area contributed by atoms with Crippen LogP contribution in [0.5, 0.6) is 0 Å². The maximum absolute atomic E-state index is 6.05. The molecule has 1 aromatic heterocycles. The van der Waals surface area contributed by atoms with Crippen LogP contribution < -0.4 is 16.4 Å². The fourth-order valence-electron chi connectivity index (χ4n) is 3.98. The molecule has 1 aliphatic heterocycles. The first kappa shape index (κ1) is 15.4. The van der Waals surface area contributed by atoms with Crippen molar-refractivity contribution in [2.24, 2.45) is 5.92 Å². The SMILES string of the molecule is C[C@H]1CNC[C@@H]1Nc1nc(N)nc2c1CCCC2c1ccccc1. The summed E-state index contributed by atoms with van der Waals surface area (Å²) in [5.41, 5.74) is 9.74. The van der Waals surface area contributed by atoms with Crippen molar-refractivity contribution in [3.63, 3.8) is 0 Å². The van der Waals surface area contributed by atoms with E-state index in [0.29, 0.717) is 23.8 Å². The molecule has 1 aromatic carbocycles. The molecule has 2 aliphatic rings. The Labute approximate surface area is 143 Å². The molecule has 5 heteroatoms. The fourth-order valence-corrected chi connectivity index (χ4v) is 3.98. The molecule has 5 nitrogen and oxygen atoms in total. The number of anilines is 2. The molecule has 0 spiro atoms. The van der Waals surface area contributed by atoms with Gasteiger partial charge < -0.3 is 16.4 Å². The van der Waals surface area contributed by atoms with Gasteiger partial charge in [-0.2, -0.15) is 4.98 Å². The first-order chi connectivity index (χ1) is 11.7. The molecule has 126 valence electrons. The number of nitrogens with two attached hydrogens (primary N) is 1. The molecule has 2 aromatic rings. The summed E-state index contributed by atoms with van der Waals surface area (Å²) in [6, 6.07) is 11.0. The molecule has 1 fully saturated rings. The number of nitrogens with one attached hydrogen (secondary N) is 2. The highest BCUT2D eigenvalue weighted by Gasteiger charge is 2.29. The van der Waals surface area contributed by atoms with Gasteiger partial charge in [0.2, 0.25) is 5.95 Å². The number of hydrogen-bond acceptors (Lipinski definition) is 5. The normalized spacial score (nSPS) is 26.1. The van der Waals surface area contributed by atoms with Crippen molar-refractivity contribution in [3.8, 4) is 0 Å². The summed E-state index contributed by atoms with van der Waals surface area (Å²) in [6.07, 6.45) is 3.30. The standard InChI is InChI=1S/C19H25N5/c1-12-10-21-11-16(12)22-18-15-9-5-8-14(13-6-3-2-4-7-13)17(15)23-19(20)24-18/h2-4,6-7,12,14,16,21H,5,8-11H2,1H3,(H3,20,22,23,24)/t12-,14?,16-/m0/s1. The summed E-state index contributed by atoms with van der Waals surface area (Å²) < 4.78 is 0. The predicted octanol–water partition coefficient (Wildman–Crippen LogP) is 2.55. The lowest BCUT2D eigenvalue weighted by atomic mass is 9.82. The monoisotopic (exact) mass is 323 g/mol. The van der Waals surface area contributed by atoms with Crippen LogP contribution in [0.1, 0.15) is 42.5 Å². The first-order valence-electron chi connectivity index (χ1n) is 8.91. The zero-order valence-electron chi connectivity index (χ0n) is 14.1. The van der Waals surface area contributed by atoms with Crippen LogP contribution in [0.25, 0.3) is 0 Å². The number of fused-ring (bicyclic) bond motifs is 1. The Kier molecular flexibility index (Phi) is 4.10. The van der Waals surface area contributed by atoms with E-state index in [9.17, 15) is 0 Å². The zero-order chi connectivity index (χ0) is 16.5. The average molecular weight is 323 g/mol. The van der Waals surface area contributed by atoms with Crippen LogP contribution >= 0.6 is 0 Å². The Balaban J connectivity index is 1.71. The second-order valence-electron chi connectivity index (χ2n) is 7.04. The fraction of sp³-hybridized carbons (Fsp3) is 0.474. The minimum absolute atomic E-state index is 0.319. The molecule has 1 unspecified atom stereocenters. The Hall–Kier alpha value is -2.14. The molecule has 2 heterocycles. The highest BCUT2D eigenvalue weighted by atomic mass is 15.1. The number of hydrogen-bond donors (Lipinski definition) is 3. The first-order valence-corrected chi connectivity index (χ1v) is 8.91. The van der Waals surface area contributed by atoms with Gasteiger partial charge in [0, 0.05) is 24.1 Å². The average Bonchev–Trinajstić information content (AvgIpc) is 3.00. The van der Waals surface area contributed by atoms with Crippen LogP contribution in [0.3, 0.4) is 0 Å². The van der Waals surface area contributed by atoms with Crippen LogP contribution in [-0.4, -0.2) is 29.1 Å². The quantitative estimate of drug-likeness (QED) is 0.809. The van der Waals surface area contributed by atoms with Crippen LogP contribution in [0.2, 0.25) is 0 Å². The molecule has 1 aliphatic carbocycles. The maximum atomic E-state index is 6.05. The van der Waals surface area contributed by atoms with E-state index in [1.807, 2.05) is 0 Å². The second kappa shape index (κ2) is 6.40. The van der Waals surface area contributed by atoms with Crippen molar-refractivity contribution in [2.45, 2.75) is 38.1 Å². The van der Waals surface area contributed by atoms with Crippen LogP contribution in [-0.2, 0) is 6.42 Å². The Morgan fingerprint density at radius 1 is 1.17 bits per heavy atom. The van der Waals surface area contributed by atoms with E-state index in [2.05, 4.69) is 57.9 Å². The second-order valence-corrected chi connectivity index (χ2v) is 7.04. The van der Waals surface area contributed by atoms with Gasteiger partial charge in [0.15, 0.2) is 0 Å².